The van der Waals surface area contributed by atoms with Gasteiger partial charge in [-0.2, -0.15) is 0 Å². The summed E-state index contributed by atoms with van der Waals surface area (Å²) in [6.45, 7) is 2.00. The Labute approximate surface area is 57.3 Å². The first-order chi connectivity index (χ1) is 3.91. The van der Waals surface area contributed by atoms with Crippen molar-refractivity contribution >= 4 is 21.1 Å². The normalized spacial score (nSPS) is 16.6. The molecular formula is C5H9BrO2. The molecule has 0 saturated carbocycles. The van der Waals surface area contributed by atoms with Gasteiger partial charge in [0.05, 0.1) is 0 Å². The lowest BCUT2D eigenvalue weighted by Gasteiger charge is -1.76. The lowest BCUT2D eigenvalue weighted by Crippen LogP contribution is -1.74. The van der Waals surface area contributed by atoms with Gasteiger partial charge in [-0.1, -0.05) is 0 Å². The van der Waals surface area contributed by atoms with E-state index in [-0.39, 0.29) is 0 Å². The summed E-state index contributed by atoms with van der Waals surface area (Å²) in [6, 6.07) is 0. The average molecular weight is 181 g/mol. The second-order valence-corrected chi connectivity index (χ2v) is 1.78. The Hall–Kier alpha value is 0.110. The van der Waals surface area contributed by atoms with Crippen molar-refractivity contribution in [3.63, 3.8) is 0 Å². The summed E-state index contributed by atoms with van der Waals surface area (Å²) in [5, 5.41) is 0.562. The van der Waals surface area contributed by atoms with Gasteiger partial charge in [0.2, 0.25) is 0 Å². The van der Waals surface area contributed by atoms with Gasteiger partial charge in [0.25, 0.3) is 0 Å². The van der Waals surface area contributed by atoms with Crippen molar-refractivity contribution in [1.82, 2.24) is 0 Å². The minimum Gasteiger partial charge on any atom is -0.381 e. The van der Waals surface area contributed by atoms with Crippen LogP contribution in [0.3, 0.4) is 0 Å². The number of hydrogen-bond donors (Lipinski definition) is 0. The molecule has 1 heterocycles. The molecule has 0 atom stereocenters. The summed E-state index contributed by atoms with van der Waals surface area (Å²) in [5.74, 6) is 0. The fourth-order valence-electron chi connectivity index (χ4n) is 0.510. The fourth-order valence-corrected chi connectivity index (χ4v) is 0.510. The van der Waals surface area contributed by atoms with E-state index in [1.54, 1.807) is 0 Å². The van der Waals surface area contributed by atoms with Crippen molar-refractivity contribution < 1.29 is 9.53 Å². The molecule has 0 radical (unpaired) electrons. The van der Waals surface area contributed by atoms with Gasteiger partial charge < -0.3 is 4.74 Å². The standard InChI is InChI=1S/C4H8O.CHBrO/c1-2-4-5-3-1;2-1-3/h1-4H2;1H. The number of ether oxygens (including phenoxy) is 1. The predicted molar refractivity (Wildman–Crippen MR) is 35.7 cm³/mol. The molecule has 8 heavy (non-hydrogen) atoms. The van der Waals surface area contributed by atoms with E-state index in [9.17, 15) is 0 Å². The quantitative estimate of drug-likeness (QED) is 0.416. The Kier molecular flexibility index (Phi) is 7.21. The van der Waals surface area contributed by atoms with E-state index in [0.717, 1.165) is 13.2 Å². The highest BCUT2D eigenvalue weighted by molar-refractivity contribution is 9.17. The van der Waals surface area contributed by atoms with Crippen LogP contribution in [0.25, 0.3) is 0 Å². The van der Waals surface area contributed by atoms with Crippen LogP contribution in [0.2, 0.25) is 0 Å². The molecule has 48 valence electrons. The smallest absolute Gasteiger partial charge is 0.185 e. The van der Waals surface area contributed by atoms with E-state index in [1.165, 1.54) is 12.8 Å². The molecule has 3 heteroatoms. The molecule has 0 bridgehead atoms. The molecule has 1 saturated heterocycles. The Balaban J connectivity index is 0.000000145. The highest BCUT2D eigenvalue weighted by Gasteiger charge is 1.94. The zero-order valence-corrected chi connectivity index (χ0v) is 6.19. The summed E-state index contributed by atoms with van der Waals surface area (Å²) in [7, 11) is 0. The first-order valence-corrected chi connectivity index (χ1v) is 3.45. The monoisotopic (exact) mass is 180 g/mol. The van der Waals surface area contributed by atoms with Gasteiger partial charge in [-0.05, 0) is 28.8 Å². The maximum Gasteiger partial charge on any atom is 0.185 e. The zero-order chi connectivity index (χ0) is 6.24. The van der Waals surface area contributed by atoms with Crippen LogP contribution in [0.4, 0.5) is 0 Å². The van der Waals surface area contributed by atoms with Crippen LogP contribution >= 0.6 is 15.9 Å². The van der Waals surface area contributed by atoms with Crippen LogP contribution in [-0.4, -0.2) is 18.4 Å². The molecule has 1 rings (SSSR count). The van der Waals surface area contributed by atoms with E-state index in [1.807, 2.05) is 0 Å². The minimum atomic E-state index is 0.562. The largest absolute Gasteiger partial charge is 0.381 e. The van der Waals surface area contributed by atoms with Gasteiger partial charge >= 0.3 is 0 Å². The second kappa shape index (κ2) is 7.11. The summed E-state index contributed by atoms with van der Waals surface area (Å²) in [5.41, 5.74) is 0. The molecule has 0 aromatic rings. The summed E-state index contributed by atoms with van der Waals surface area (Å²) in [6.07, 6.45) is 2.56. The second-order valence-electron chi connectivity index (χ2n) is 1.41. The molecule has 0 aromatic carbocycles. The number of rotatable bonds is 0. The van der Waals surface area contributed by atoms with Gasteiger partial charge in [-0.25, -0.2) is 0 Å². The Morgan fingerprint density at radius 3 is 1.88 bits per heavy atom. The third-order valence-electron chi connectivity index (χ3n) is 0.827. The first-order valence-electron chi connectivity index (χ1n) is 2.53. The molecule has 0 aliphatic carbocycles. The summed E-state index contributed by atoms with van der Waals surface area (Å²) >= 11 is 2.47. The molecule has 1 aliphatic rings. The van der Waals surface area contributed by atoms with Gasteiger partial charge in [0.1, 0.15) is 0 Å². The van der Waals surface area contributed by atoms with E-state index in [4.69, 9.17) is 9.53 Å². The summed E-state index contributed by atoms with van der Waals surface area (Å²) in [4.78, 5) is 8.72. The lowest BCUT2D eigenvalue weighted by atomic mass is 10.4. The summed E-state index contributed by atoms with van der Waals surface area (Å²) < 4.78 is 4.94. The fraction of sp³-hybridized carbons (Fsp3) is 0.800. The van der Waals surface area contributed by atoms with Crippen molar-refractivity contribution in [3.05, 3.63) is 0 Å². The van der Waals surface area contributed by atoms with E-state index in [2.05, 4.69) is 15.9 Å². The predicted octanol–water partition coefficient (Wildman–Crippen LogP) is 1.37. The molecule has 0 N–H and O–H groups in total. The minimum absolute atomic E-state index is 0.562. The van der Waals surface area contributed by atoms with Crippen molar-refractivity contribution in [1.29, 1.82) is 0 Å². The molecule has 0 aromatic heterocycles. The van der Waals surface area contributed by atoms with Crippen molar-refractivity contribution in [3.8, 4) is 0 Å². The van der Waals surface area contributed by atoms with Crippen molar-refractivity contribution in [2.24, 2.45) is 0 Å². The highest BCUT2D eigenvalue weighted by Crippen LogP contribution is 1.98. The molecule has 0 spiro atoms. The van der Waals surface area contributed by atoms with E-state index in [0.29, 0.717) is 5.20 Å². The third kappa shape index (κ3) is 6.11. The first kappa shape index (κ1) is 8.11. The van der Waals surface area contributed by atoms with Crippen LogP contribution in [0.1, 0.15) is 12.8 Å². The van der Waals surface area contributed by atoms with Crippen LogP contribution in [0.5, 0.6) is 0 Å². The number of carbonyl (C=O) groups excluding carboxylic acids is 1. The van der Waals surface area contributed by atoms with Crippen molar-refractivity contribution in [2.45, 2.75) is 12.8 Å². The van der Waals surface area contributed by atoms with Crippen LogP contribution in [0.15, 0.2) is 0 Å². The maximum atomic E-state index is 8.72. The molecule has 1 aliphatic heterocycles. The zero-order valence-electron chi connectivity index (χ0n) is 4.60. The van der Waals surface area contributed by atoms with E-state index < -0.39 is 0 Å². The SMILES string of the molecule is C1CCOC1.O=CBr. The highest BCUT2D eigenvalue weighted by atomic mass is 79.9. The average Bonchev–Trinajstić information content (AvgIpc) is 2.17. The Morgan fingerprint density at radius 1 is 1.38 bits per heavy atom. The van der Waals surface area contributed by atoms with Crippen molar-refractivity contribution in [2.75, 3.05) is 13.2 Å². The molecule has 2 nitrogen and oxygen atoms in total. The number of carbonyl (C=O) groups is 1. The van der Waals surface area contributed by atoms with Gasteiger partial charge in [-0.3, -0.25) is 4.79 Å². The van der Waals surface area contributed by atoms with Gasteiger partial charge in [-0.15, -0.1) is 0 Å². The number of halogens is 1. The lowest BCUT2D eigenvalue weighted by molar-refractivity contribution is 0.198. The van der Waals surface area contributed by atoms with Crippen LogP contribution in [0, 0.1) is 0 Å². The maximum absolute atomic E-state index is 8.72. The molecule has 1 fully saturated rings. The van der Waals surface area contributed by atoms with Crippen LogP contribution < -0.4 is 0 Å². The Morgan fingerprint density at radius 2 is 1.75 bits per heavy atom. The molecule has 0 amide bonds. The van der Waals surface area contributed by atoms with Gasteiger partial charge in [0.15, 0.2) is 5.20 Å². The van der Waals surface area contributed by atoms with E-state index >= 15 is 0 Å². The van der Waals surface area contributed by atoms with Crippen LogP contribution in [-0.2, 0) is 9.53 Å². The number of hydrogen-bond acceptors (Lipinski definition) is 2. The van der Waals surface area contributed by atoms with Gasteiger partial charge in [0, 0.05) is 13.2 Å². The Bertz CT molecular complexity index is 44.8. The molecule has 0 unspecified atom stereocenters. The molecular weight excluding hydrogens is 172 g/mol. The third-order valence-corrected chi connectivity index (χ3v) is 0.827. The topological polar surface area (TPSA) is 26.3 Å².